The molecule has 1 saturated heterocycles. The minimum absolute atomic E-state index is 0.113. The van der Waals surface area contributed by atoms with E-state index in [1.807, 2.05) is 11.9 Å². The van der Waals surface area contributed by atoms with Gasteiger partial charge in [0.1, 0.15) is 0 Å². The Morgan fingerprint density at radius 2 is 2.39 bits per heavy atom. The lowest BCUT2D eigenvalue weighted by Crippen LogP contribution is -2.30. The van der Waals surface area contributed by atoms with Crippen LogP contribution in [0, 0.1) is 0 Å². The molecule has 2 rings (SSSR count). The molecule has 1 atom stereocenters. The standard InChI is InChI=1S/C13H19NO4/c1-14-8-10(13(15)16)5-6-11(14)9-18-12-4-2-3-7-17-12/h5-6,12H,2-4,7-9H2,1H3,(H,15,16). The van der Waals surface area contributed by atoms with Gasteiger partial charge in [-0.05, 0) is 31.4 Å². The lowest BCUT2D eigenvalue weighted by atomic mass is 10.1. The highest BCUT2D eigenvalue weighted by Crippen LogP contribution is 2.17. The number of likely N-dealkylation sites (N-methyl/N-ethyl adjacent to an activating group) is 1. The number of aliphatic carboxylic acids is 1. The van der Waals surface area contributed by atoms with E-state index in [9.17, 15) is 4.79 Å². The Hall–Kier alpha value is -1.33. The van der Waals surface area contributed by atoms with E-state index in [1.165, 1.54) is 0 Å². The topological polar surface area (TPSA) is 59.0 Å². The Morgan fingerprint density at radius 3 is 3.00 bits per heavy atom. The van der Waals surface area contributed by atoms with E-state index < -0.39 is 5.97 Å². The van der Waals surface area contributed by atoms with Gasteiger partial charge >= 0.3 is 5.97 Å². The molecule has 0 aliphatic carbocycles. The molecular formula is C13H19NO4. The molecule has 0 amide bonds. The van der Waals surface area contributed by atoms with Crippen molar-refractivity contribution in [3.63, 3.8) is 0 Å². The monoisotopic (exact) mass is 253 g/mol. The molecule has 5 nitrogen and oxygen atoms in total. The molecule has 1 unspecified atom stereocenters. The van der Waals surface area contributed by atoms with E-state index in [2.05, 4.69) is 0 Å². The first-order valence-corrected chi connectivity index (χ1v) is 6.24. The van der Waals surface area contributed by atoms with Crippen molar-refractivity contribution in [2.75, 3.05) is 26.8 Å². The summed E-state index contributed by atoms with van der Waals surface area (Å²) in [6.45, 7) is 1.64. The quantitative estimate of drug-likeness (QED) is 0.820. The summed E-state index contributed by atoms with van der Waals surface area (Å²) < 4.78 is 11.2. The molecule has 1 N–H and O–H groups in total. The van der Waals surface area contributed by atoms with Crippen LogP contribution in [0.3, 0.4) is 0 Å². The maximum Gasteiger partial charge on any atom is 0.333 e. The number of hydrogen-bond donors (Lipinski definition) is 1. The molecule has 2 heterocycles. The molecule has 2 aliphatic heterocycles. The van der Waals surface area contributed by atoms with E-state index in [4.69, 9.17) is 14.6 Å². The Morgan fingerprint density at radius 1 is 1.56 bits per heavy atom. The molecule has 0 bridgehead atoms. The van der Waals surface area contributed by atoms with Gasteiger partial charge in [-0.1, -0.05) is 0 Å². The van der Waals surface area contributed by atoms with Gasteiger partial charge in [0.15, 0.2) is 6.29 Å². The molecular weight excluding hydrogens is 234 g/mol. The van der Waals surface area contributed by atoms with Gasteiger partial charge in [-0.2, -0.15) is 0 Å². The second-order valence-corrected chi connectivity index (χ2v) is 4.62. The minimum Gasteiger partial charge on any atom is -0.478 e. The van der Waals surface area contributed by atoms with E-state index in [0.29, 0.717) is 18.7 Å². The molecule has 1 fully saturated rings. The number of allylic oxidation sites excluding steroid dienone is 2. The van der Waals surface area contributed by atoms with Crippen LogP contribution in [0.25, 0.3) is 0 Å². The highest BCUT2D eigenvalue weighted by Gasteiger charge is 2.19. The van der Waals surface area contributed by atoms with E-state index in [0.717, 1.165) is 31.6 Å². The average molecular weight is 253 g/mol. The van der Waals surface area contributed by atoms with Crippen LogP contribution >= 0.6 is 0 Å². The zero-order chi connectivity index (χ0) is 13.0. The van der Waals surface area contributed by atoms with Gasteiger partial charge in [-0.3, -0.25) is 0 Å². The zero-order valence-electron chi connectivity index (χ0n) is 10.6. The molecule has 0 spiro atoms. The van der Waals surface area contributed by atoms with Gasteiger partial charge in [-0.15, -0.1) is 0 Å². The summed E-state index contributed by atoms with van der Waals surface area (Å²) in [6.07, 6.45) is 6.51. The number of carbonyl (C=O) groups is 1. The SMILES string of the molecule is CN1CC(C(=O)O)=CC=C1COC1CCCCO1. The predicted molar refractivity (Wildman–Crippen MR) is 66.0 cm³/mol. The fraction of sp³-hybridized carbons (Fsp3) is 0.615. The third-order valence-corrected chi connectivity index (χ3v) is 3.20. The summed E-state index contributed by atoms with van der Waals surface area (Å²) in [5, 5.41) is 8.90. The van der Waals surface area contributed by atoms with Gasteiger partial charge in [0.25, 0.3) is 0 Å². The Labute approximate surface area is 107 Å². The number of nitrogens with zero attached hydrogens (tertiary/aromatic N) is 1. The highest BCUT2D eigenvalue weighted by molar-refractivity contribution is 5.87. The van der Waals surface area contributed by atoms with Crippen molar-refractivity contribution in [1.29, 1.82) is 0 Å². The molecule has 0 aromatic heterocycles. The third-order valence-electron chi connectivity index (χ3n) is 3.20. The van der Waals surface area contributed by atoms with Gasteiger partial charge in [0.2, 0.25) is 0 Å². The largest absolute Gasteiger partial charge is 0.478 e. The second kappa shape index (κ2) is 6.02. The fourth-order valence-corrected chi connectivity index (χ4v) is 2.05. The summed E-state index contributed by atoms with van der Waals surface area (Å²) in [6, 6.07) is 0. The van der Waals surface area contributed by atoms with Crippen LogP contribution in [0.5, 0.6) is 0 Å². The van der Waals surface area contributed by atoms with Crippen LogP contribution < -0.4 is 0 Å². The molecule has 0 aromatic carbocycles. The third kappa shape index (κ3) is 3.34. The van der Waals surface area contributed by atoms with Crippen molar-refractivity contribution in [3.05, 3.63) is 23.4 Å². The molecule has 2 aliphatic rings. The maximum atomic E-state index is 10.8. The van der Waals surface area contributed by atoms with Crippen LogP contribution in [-0.2, 0) is 14.3 Å². The van der Waals surface area contributed by atoms with Crippen molar-refractivity contribution in [3.8, 4) is 0 Å². The molecule has 0 aromatic rings. The Balaban J connectivity index is 1.86. The number of ether oxygens (including phenoxy) is 2. The van der Waals surface area contributed by atoms with Gasteiger partial charge < -0.3 is 19.5 Å². The van der Waals surface area contributed by atoms with Crippen molar-refractivity contribution in [1.82, 2.24) is 4.90 Å². The first-order chi connectivity index (χ1) is 8.66. The molecule has 5 heteroatoms. The van der Waals surface area contributed by atoms with Crippen molar-refractivity contribution < 1.29 is 19.4 Å². The Kier molecular flexibility index (Phi) is 4.38. The van der Waals surface area contributed by atoms with E-state index >= 15 is 0 Å². The van der Waals surface area contributed by atoms with Crippen LogP contribution in [0.15, 0.2) is 23.4 Å². The second-order valence-electron chi connectivity index (χ2n) is 4.62. The maximum absolute atomic E-state index is 10.8. The summed E-state index contributed by atoms with van der Waals surface area (Å²) in [7, 11) is 1.87. The van der Waals surface area contributed by atoms with Gasteiger partial charge in [-0.25, -0.2) is 4.79 Å². The van der Waals surface area contributed by atoms with Crippen LogP contribution in [0.4, 0.5) is 0 Å². The summed E-state index contributed by atoms with van der Waals surface area (Å²) in [5.41, 5.74) is 1.38. The van der Waals surface area contributed by atoms with Crippen LogP contribution in [0.2, 0.25) is 0 Å². The van der Waals surface area contributed by atoms with Crippen molar-refractivity contribution in [2.45, 2.75) is 25.6 Å². The summed E-state index contributed by atoms with van der Waals surface area (Å²) in [5.74, 6) is -0.867. The Bertz CT molecular complexity index is 369. The average Bonchev–Trinajstić information content (AvgIpc) is 2.38. The van der Waals surface area contributed by atoms with Crippen molar-refractivity contribution in [2.24, 2.45) is 0 Å². The van der Waals surface area contributed by atoms with Gasteiger partial charge in [0, 0.05) is 25.9 Å². The predicted octanol–water partition coefficient (Wildman–Crippen LogP) is 1.37. The first kappa shape index (κ1) is 13.1. The zero-order valence-corrected chi connectivity index (χ0v) is 10.6. The molecule has 0 saturated carbocycles. The van der Waals surface area contributed by atoms with E-state index in [1.54, 1.807) is 12.2 Å². The first-order valence-electron chi connectivity index (χ1n) is 6.24. The fourth-order valence-electron chi connectivity index (χ4n) is 2.05. The van der Waals surface area contributed by atoms with Crippen LogP contribution in [0.1, 0.15) is 19.3 Å². The number of carboxylic acid groups (broad SMARTS) is 1. The molecule has 100 valence electrons. The lowest BCUT2D eigenvalue weighted by molar-refractivity contribution is -0.159. The van der Waals surface area contributed by atoms with Gasteiger partial charge in [0.05, 0.1) is 12.2 Å². The minimum atomic E-state index is -0.867. The number of rotatable bonds is 4. The van der Waals surface area contributed by atoms with E-state index in [-0.39, 0.29) is 6.29 Å². The lowest BCUT2D eigenvalue weighted by Gasteiger charge is -2.28. The normalized spacial score (nSPS) is 24.5. The number of carboxylic acids is 1. The molecule has 0 radical (unpaired) electrons. The van der Waals surface area contributed by atoms with Crippen LogP contribution in [-0.4, -0.2) is 49.1 Å². The molecule has 18 heavy (non-hydrogen) atoms. The number of hydrogen-bond acceptors (Lipinski definition) is 4. The summed E-state index contributed by atoms with van der Waals surface area (Å²) in [4.78, 5) is 12.7. The highest BCUT2D eigenvalue weighted by atomic mass is 16.7. The summed E-state index contributed by atoms with van der Waals surface area (Å²) >= 11 is 0. The van der Waals surface area contributed by atoms with Crippen molar-refractivity contribution >= 4 is 5.97 Å². The smallest absolute Gasteiger partial charge is 0.333 e.